The van der Waals surface area contributed by atoms with Gasteiger partial charge < -0.3 is 20.3 Å². The van der Waals surface area contributed by atoms with Crippen LogP contribution in [0.3, 0.4) is 0 Å². The zero-order chi connectivity index (χ0) is 28.2. The van der Waals surface area contributed by atoms with Gasteiger partial charge in [-0.25, -0.2) is 4.79 Å². The number of hydrogen-bond acceptors (Lipinski definition) is 4. The summed E-state index contributed by atoms with van der Waals surface area (Å²) in [5.41, 5.74) is 6.20. The summed E-state index contributed by atoms with van der Waals surface area (Å²) in [6.45, 7) is 10.8. The molecule has 0 aliphatic heterocycles. The number of β-amino-alcohol motifs (C(OH)–C–C–N with tert-alkyl or cyclic N) is 1. The minimum atomic E-state index is -0.930. The predicted molar refractivity (Wildman–Crippen MR) is 158 cm³/mol. The largest absolute Gasteiger partial charge is 0.478 e. The second-order valence-electron chi connectivity index (χ2n) is 11.1. The van der Waals surface area contributed by atoms with E-state index < -0.39 is 12.1 Å². The minimum Gasteiger partial charge on any atom is -0.478 e. The normalized spacial score (nSPS) is 13.4. The lowest BCUT2D eigenvalue weighted by molar-refractivity contribution is -0.00397. The lowest BCUT2D eigenvalue weighted by atomic mass is 9.89. The highest BCUT2D eigenvalue weighted by Crippen LogP contribution is 2.35. The van der Waals surface area contributed by atoms with Gasteiger partial charge in [0.2, 0.25) is 0 Å². The van der Waals surface area contributed by atoms with Crippen LogP contribution in [0.5, 0.6) is 0 Å². The van der Waals surface area contributed by atoms with Crippen LogP contribution in [0, 0.1) is 13.8 Å². The number of hydrogen-bond donors (Lipinski definition) is 3. The third-order valence-corrected chi connectivity index (χ3v) is 7.26. The molecular formula is C34H39NO4. The van der Waals surface area contributed by atoms with E-state index in [1.54, 1.807) is 12.1 Å². The molecule has 0 saturated carbocycles. The molecule has 3 N–H and O–H groups in total. The monoisotopic (exact) mass is 525 g/mol. The van der Waals surface area contributed by atoms with E-state index in [0.29, 0.717) is 6.54 Å². The summed E-state index contributed by atoms with van der Waals surface area (Å²) in [7, 11) is 0. The van der Waals surface area contributed by atoms with E-state index in [0.717, 1.165) is 34.2 Å². The van der Waals surface area contributed by atoms with Gasteiger partial charge in [-0.15, -0.1) is 0 Å². The van der Waals surface area contributed by atoms with Crippen molar-refractivity contribution in [2.75, 3.05) is 13.2 Å². The number of aliphatic hydroxyl groups excluding tert-OH is 1. The van der Waals surface area contributed by atoms with Gasteiger partial charge in [0.05, 0.1) is 24.4 Å². The van der Waals surface area contributed by atoms with Crippen LogP contribution in [0.2, 0.25) is 0 Å². The highest BCUT2D eigenvalue weighted by molar-refractivity contribution is 5.90. The SMILES string of the molecule is Cc1cc(C(=O)O)cc(C)c1-c1ccccc1[C@@H](C)OC[C@H](O)CNC(C)(C)Cc1ccc2ccccc2c1. The van der Waals surface area contributed by atoms with Gasteiger partial charge in [-0.05, 0) is 97.3 Å². The Bertz CT molecular complexity index is 1440. The van der Waals surface area contributed by atoms with Gasteiger partial charge in [-0.1, -0.05) is 66.7 Å². The molecular weight excluding hydrogens is 486 g/mol. The zero-order valence-corrected chi connectivity index (χ0v) is 23.5. The lowest BCUT2D eigenvalue weighted by Crippen LogP contribution is -2.46. The van der Waals surface area contributed by atoms with Crippen molar-refractivity contribution in [3.05, 3.63) is 107 Å². The fourth-order valence-electron chi connectivity index (χ4n) is 5.31. The number of carboxylic acid groups (broad SMARTS) is 1. The van der Waals surface area contributed by atoms with Crippen LogP contribution in [0.25, 0.3) is 21.9 Å². The van der Waals surface area contributed by atoms with E-state index in [-0.39, 0.29) is 23.8 Å². The van der Waals surface area contributed by atoms with Crippen molar-refractivity contribution in [2.24, 2.45) is 0 Å². The maximum atomic E-state index is 11.5. The van der Waals surface area contributed by atoms with Crippen molar-refractivity contribution in [1.82, 2.24) is 5.32 Å². The van der Waals surface area contributed by atoms with Crippen LogP contribution in [0.4, 0.5) is 0 Å². The molecule has 0 aromatic heterocycles. The summed E-state index contributed by atoms with van der Waals surface area (Å²) < 4.78 is 6.14. The second-order valence-corrected chi connectivity index (χ2v) is 11.1. The number of fused-ring (bicyclic) bond motifs is 1. The van der Waals surface area contributed by atoms with Crippen LogP contribution in [-0.4, -0.2) is 41.0 Å². The number of rotatable bonds is 11. The van der Waals surface area contributed by atoms with Crippen molar-refractivity contribution in [1.29, 1.82) is 0 Å². The summed E-state index contributed by atoms with van der Waals surface area (Å²) in [6.07, 6.45) is -0.0672. The van der Waals surface area contributed by atoms with Crippen LogP contribution in [0.15, 0.2) is 78.9 Å². The summed E-state index contributed by atoms with van der Waals surface area (Å²) in [5, 5.41) is 26.1. The molecule has 0 spiro atoms. The number of aromatic carboxylic acids is 1. The highest BCUT2D eigenvalue weighted by atomic mass is 16.5. The highest BCUT2D eigenvalue weighted by Gasteiger charge is 2.21. The maximum absolute atomic E-state index is 11.5. The average Bonchev–Trinajstić information content (AvgIpc) is 2.90. The Morgan fingerprint density at radius 1 is 0.923 bits per heavy atom. The Labute approximate surface area is 231 Å². The first-order chi connectivity index (χ1) is 18.5. The Hall–Kier alpha value is -3.51. The third-order valence-electron chi connectivity index (χ3n) is 7.26. The zero-order valence-electron chi connectivity index (χ0n) is 23.5. The molecule has 0 unspecified atom stereocenters. The molecule has 0 amide bonds. The molecule has 0 radical (unpaired) electrons. The van der Waals surface area contributed by atoms with Crippen LogP contribution in [-0.2, 0) is 11.2 Å². The number of nitrogens with one attached hydrogen (secondary N) is 1. The number of aryl methyl sites for hydroxylation is 2. The molecule has 0 fully saturated rings. The quantitative estimate of drug-likeness (QED) is 0.199. The third kappa shape index (κ3) is 7.12. The van der Waals surface area contributed by atoms with Gasteiger partial charge in [0.1, 0.15) is 0 Å². The first-order valence-electron chi connectivity index (χ1n) is 13.5. The molecule has 204 valence electrons. The Morgan fingerprint density at radius 2 is 1.56 bits per heavy atom. The summed E-state index contributed by atoms with van der Waals surface area (Å²) in [6, 6.07) is 26.4. The molecule has 4 aromatic rings. The first kappa shape index (κ1) is 28.5. The Kier molecular flexibility index (Phi) is 8.86. The number of carbonyl (C=O) groups is 1. The van der Waals surface area contributed by atoms with Gasteiger partial charge in [-0.2, -0.15) is 0 Å². The molecule has 0 aliphatic rings. The van der Waals surface area contributed by atoms with Crippen LogP contribution in [0.1, 0.15) is 59.5 Å². The average molecular weight is 526 g/mol. The molecule has 5 heteroatoms. The van der Waals surface area contributed by atoms with Crippen LogP contribution >= 0.6 is 0 Å². The van der Waals surface area contributed by atoms with Crippen molar-refractivity contribution in [3.63, 3.8) is 0 Å². The van der Waals surface area contributed by atoms with Crippen molar-refractivity contribution < 1.29 is 19.7 Å². The number of carboxylic acids is 1. The molecule has 0 heterocycles. The summed E-state index contributed by atoms with van der Waals surface area (Å²) in [4.78, 5) is 11.5. The van der Waals surface area contributed by atoms with Gasteiger partial charge >= 0.3 is 5.97 Å². The Balaban J connectivity index is 1.37. The molecule has 0 aliphatic carbocycles. The Morgan fingerprint density at radius 3 is 2.26 bits per heavy atom. The standard InChI is InChI=1S/C34H39NO4/c1-22-16-28(33(37)38)17-23(2)32(22)31-13-9-8-12-30(31)24(3)39-21-29(36)20-35-34(4,5)19-25-14-15-26-10-6-7-11-27(26)18-25/h6-18,24,29,35-36H,19-21H2,1-5H3,(H,37,38)/t24-,29-/m1/s1. The lowest BCUT2D eigenvalue weighted by Gasteiger charge is -2.28. The smallest absolute Gasteiger partial charge is 0.335 e. The van der Waals surface area contributed by atoms with Gasteiger partial charge in [0, 0.05) is 12.1 Å². The number of aliphatic hydroxyl groups is 1. The molecule has 5 nitrogen and oxygen atoms in total. The van der Waals surface area contributed by atoms with Crippen molar-refractivity contribution in [3.8, 4) is 11.1 Å². The van der Waals surface area contributed by atoms with E-state index in [2.05, 4.69) is 61.6 Å². The topological polar surface area (TPSA) is 78.8 Å². The molecule has 2 atom stereocenters. The molecule has 4 aromatic carbocycles. The fraction of sp³-hybridized carbons (Fsp3) is 0.324. The summed E-state index contributed by atoms with van der Waals surface area (Å²) in [5.74, 6) is -0.930. The number of benzene rings is 4. The molecule has 0 saturated heterocycles. The first-order valence-corrected chi connectivity index (χ1v) is 13.5. The van der Waals surface area contributed by atoms with Gasteiger partial charge in [-0.3, -0.25) is 0 Å². The van der Waals surface area contributed by atoms with Crippen molar-refractivity contribution >= 4 is 16.7 Å². The van der Waals surface area contributed by atoms with E-state index in [1.807, 2.05) is 45.0 Å². The van der Waals surface area contributed by atoms with Gasteiger partial charge in [0.25, 0.3) is 0 Å². The van der Waals surface area contributed by atoms with E-state index >= 15 is 0 Å². The minimum absolute atomic E-state index is 0.196. The second kappa shape index (κ2) is 12.1. The molecule has 0 bridgehead atoms. The molecule has 39 heavy (non-hydrogen) atoms. The maximum Gasteiger partial charge on any atom is 0.335 e. The van der Waals surface area contributed by atoms with E-state index in [9.17, 15) is 15.0 Å². The predicted octanol–water partition coefficient (Wildman–Crippen LogP) is 6.87. The van der Waals surface area contributed by atoms with E-state index in [1.165, 1.54) is 16.3 Å². The van der Waals surface area contributed by atoms with E-state index in [4.69, 9.17) is 4.74 Å². The van der Waals surface area contributed by atoms with Gasteiger partial charge in [0.15, 0.2) is 0 Å². The number of ether oxygens (including phenoxy) is 1. The fourth-order valence-corrected chi connectivity index (χ4v) is 5.31. The summed E-state index contributed by atoms with van der Waals surface area (Å²) >= 11 is 0. The van der Waals surface area contributed by atoms with Crippen molar-refractivity contribution in [2.45, 2.75) is 58.8 Å². The van der Waals surface area contributed by atoms with Crippen LogP contribution < -0.4 is 5.32 Å². The molecule has 4 rings (SSSR count).